The van der Waals surface area contributed by atoms with Crippen molar-refractivity contribution in [1.29, 1.82) is 0 Å². The molecular formula is C5H7F4O3P. The van der Waals surface area contributed by atoms with Crippen LogP contribution in [0.4, 0.5) is 17.6 Å². The average molecular weight is 222 g/mol. The molecule has 0 spiro atoms. The topological polar surface area (TPSA) is 57.5 Å². The molecule has 0 saturated heterocycles. The van der Waals surface area contributed by atoms with Crippen molar-refractivity contribution in [2.24, 2.45) is 0 Å². The second-order valence-corrected chi connectivity index (χ2v) is 4.09. The van der Waals surface area contributed by atoms with E-state index in [0.717, 1.165) is 0 Å². The molecule has 13 heavy (non-hydrogen) atoms. The van der Waals surface area contributed by atoms with Gasteiger partial charge in [0, 0.05) is 0 Å². The summed E-state index contributed by atoms with van der Waals surface area (Å²) in [6, 6.07) is 0. The number of halogens is 4. The van der Waals surface area contributed by atoms with Crippen molar-refractivity contribution in [3.05, 3.63) is 11.1 Å². The van der Waals surface area contributed by atoms with E-state index in [1.807, 2.05) is 0 Å². The molecule has 0 bridgehead atoms. The number of hydrogen-bond acceptors (Lipinski definition) is 1. The first-order valence-electron chi connectivity index (χ1n) is 3.02. The van der Waals surface area contributed by atoms with Crippen LogP contribution in [0.2, 0.25) is 0 Å². The van der Waals surface area contributed by atoms with Crippen LogP contribution in [-0.2, 0) is 4.57 Å². The van der Waals surface area contributed by atoms with Crippen LogP contribution in [0.5, 0.6) is 0 Å². The minimum atomic E-state index is -4.89. The molecule has 0 atom stereocenters. The molecule has 0 aromatic rings. The van der Waals surface area contributed by atoms with Crippen molar-refractivity contribution in [3.63, 3.8) is 0 Å². The van der Waals surface area contributed by atoms with Crippen LogP contribution in [0.3, 0.4) is 0 Å². The lowest BCUT2D eigenvalue weighted by molar-refractivity contribution is -0.130. The van der Waals surface area contributed by atoms with Crippen molar-refractivity contribution >= 4 is 7.60 Å². The summed E-state index contributed by atoms with van der Waals surface area (Å²) in [7, 11) is -4.89. The van der Waals surface area contributed by atoms with E-state index in [9.17, 15) is 22.1 Å². The number of alkyl halides is 3. The van der Waals surface area contributed by atoms with Crippen molar-refractivity contribution in [2.75, 3.05) is 0 Å². The largest absolute Gasteiger partial charge is 0.395 e. The van der Waals surface area contributed by atoms with Crippen LogP contribution in [-0.4, -0.2) is 16.0 Å². The normalized spacial score (nSPS) is 15.6. The van der Waals surface area contributed by atoms with Crippen LogP contribution >= 0.6 is 7.60 Å². The summed E-state index contributed by atoms with van der Waals surface area (Å²) in [5.41, 5.74) is 0. The van der Waals surface area contributed by atoms with Crippen LogP contribution in [0.1, 0.15) is 13.3 Å². The highest BCUT2D eigenvalue weighted by Gasteiger charge is 2.33. The highest BCUT2D eigenvalue weighted by atomic mass is 31.2. The van der Waals surface area contributed by atoms with Gasteiger partial charge in [0.25, 0.3) is 0 Å². The van der Waals surface area contributed by atoms with E-state index in [4.69, 9.17) is 9.79 Å². The third-order valence-corrected chi connectivity index (χ3v) is 2.30. The molecule has 0 fully saturated rings. The van der Waals surface area contributed by atoms with Crippen molar-refractivity contribution in [3.8, 4) is 0 Å². The minimum Gasteiger partial charge on any atom is -0.321 e. The standard InChI is InChI=1S/C5H7F4O3P/c1-3(13(10,11)12)4(6)2-5(7,8)9/h2H2,1H3,(H2,10,11,12). The Bertz CT molecular complexity index is 263. The first kappa shape index (κ1) is 12.6. The Hall–Kier alpha value is -0.390. The third-order valence-electron chi connectivity index (χ3n) is 1.19. The summed E-state index contributed by atoms with van der Waals surface area (Å²) < 4.78 is 57.3. The zero-order chi connectivity index (χ0) is 10.9. The predicted molar refractivity (Wildman–Crippen MR) is 36.5 cm³/mol. The molecule has 0 aliphatic heterocycles. The molecule has 0 heterocycles. The lowest BCUT2D eigenvalue weighted by Crippen LogP contribution is -2.07. The van der Waals surface area contributed by atoms with Crippen molar-refractivity contribution in [2.45, 2.75) is 19.5 Å². The Morgan fingerprint density at radius 2 is 1.77 bits per heavy atom. The number of allylic oxidation sites excluding steroid dienone is 2. The first-order chi connectivity index (χ1) is 5.54. The Morgan fingerprint density at radius 3 is 2.00 bits per heavy atom. The molecule has 0 rings (SSSR count). The van der Waals surface area contributed by atoms with Gasteiger partial charge in [-0.1, -0.05) is 0 Å². The fourth-order valence-corrected chi connectivity index (χ4v) is 0.857. The molecule has 0 aliphatic rings. The Kier molecular flexibility index (Phi) is 3.66. The lowest BCUT2D eigenvalue weighted by atomic mass is 10.3. The van der Waals surface area contributed by atoms with E-state index in [2.05, 4.69) is 0 Å². The zero-order valence-electron chi connectivity index (χ0n) is 6.47. The summed E-state index contributed by atoms with van der Waals surface area (Å²) in [6.45, 7) is 0.627. The van der Waals surface area contributed by atoms with E-state index < -0.39 is 31.3 Å². The van der Waals surface area contributed by atoms with Crippen molar-refractivity contribution in [1.82, 2.24) is 0 Å². The van der Waals surface area contributed by atoms with Gasteiger partial charge in [-0.2, -0.15) is 13.2 Å². The molecule has 78 valence electrons. The highest BCUT2D eigenvalue weighted by Crippen LogP contribution is 2.47. The quantitative estimate of drug-likeness (QED) is 0.556. The van der Waals surface area contributed by atoms with Gasteiger partial charge in [0.15, 0.2) is 0 Å². The molecule has 0 radical (unpaired) electrons. The molecule has 0 aromatic carbocycles. The van der Waals surface area contributed by atoms with E-state index in [1.165, 1.54) is 0 Å². The van der Waals surface area contributed by atoms with Gasteiger partial charge in [0.2, 0.25) is 0 Å². The molecular weight excluding hydrogens is 215 g/mol. The van der Waals surface area contributed by atoms with E-state index in [1.54, 1.807) is 0 Å². The van der Waals surface area contributed by atoms with Crippen LogP contribution in [0, 0.1) is 0 Å². The second kappa shape index (κ2) is 3.77. The number of hydrogen-bond donors (Lipinski definition) is 2. The molecule has 0 saturated carbocycles. The molecule has 0 aliphatic carbocycles. The summed E-state index contributed by atoms with van der Waals surface area (Å²) >= 11 is 0. The van der Waals surface area contributed by atoms with Crippen LogP contribution < -0.4 is 0 Å². The van der Waals surface area contributed by atoms with Gasteiger partial charge in [-0.25, -0.2) is 4.39 Å². The van der Waals surface area contributed by atoms with Gasteiger partial charge in [-0.05, 0) is 6.92 Å². The maximum absolute atomic E-state index is 12.5. The lowest BCUT2D eigenvalue weighted by Gasteiger charge is -2.08. The summed E-state index contributed by atoms with van der Waals surface area (Å²) in [4.78, 5) is 16.6. The van der Waals surface area contributed by atoms with Crippen LogP contribution in [0.25, 0.3) is 0 Å². The SMILES string of the molecule is CC(=C(F)CC(F)(F)F)P(=O)(O)O. The molecule has 0 aromatic heterocycles. The summed E-state index contributed by atoms with van der Waals surface area (Å²) in [5, 5.41) is -1.18. The minimum absolute atomic E-state index is 0.627. The maximum Gasteiger partial charge on any atom is 0.395 e. The van der Waals surface area contributed by atoms with Crippen molar-refractivity contribution < 1.29 is 31.9 Å². The third kappa shape index (κ3) is 5.02. The molecule has 8 heteroatoms. The highest BCUT2D eigenvalue weighted by molar-refractivity contribution is 7.56. The first-order valence-corrected chi connectivity index (χ1v) is 4.63. The fraction of sp³-hybridized carbons (Fsp3) is 0.600. The van der Waals surface area contributed by atoms with E-state index in [-0.39, 0.29) is 0 Å². The smallest absolute Gasteiger partial charge is 0.321 e. The second-order valence-electron chi connectivity index (χ2n) is 2.33. The van der Waals surface area contributed by atoms with Gasteiger partial charge in [0.1, 0.15) is 5.83 Å². The Morgan fingerprint density at radius 1 is 1.38 bits per heavy atom. The van der Waals surface area contributed by atoms with E-state index in [0.29, 0.717) is 6.92 Å². The predicted octanol–water partition coefficient (Wildman–Crippen LogP) is 2.32. The Labute approximate surface area is 71.2 Å². The van der Waals surface area contributed by atoms with Gasteiger partial charge >= 0.3 is 13.8 Å². The molecule has 2 N–H and O–H groups in total. The van der Waals surface area contributed by atoms with Gasteiger partial charge in [-0.3, -0.25) is 4.57 Å². The monoisotopic (exact) mass is 222 g/mol. The van der Waals surface area contributed by atoms with E-state index >= 15 is 0 Å². The van der Waals surface area contributed by atoms with Gasteiger partial charge < -0.3 is 9.79 Å². The van der Waals surface area contributed by atoms with Gasteiger partial charge in [0.05, 0.1) is 11.7 Å². The summed E-state index contributed by atoms with van der Waals surface area (Å²) in [5.74, 6) is -1.83. The maximum atomic E-state index is 12.5. The summed E-state index contributed by atoms with van der Waals surface area (Å²) in [6.07, 6.45) is -6.76. The molecule has 0 unspecified atom stereocenters. The Balaban J connectivity index is 4.76. The fourth-order valence-electron chi connectivity index (χ4n) is 0.462. The molecule has 0 amide bonds. The van der Waals surface area contributed by atoms with Gasteiger partial charge in [-0.15, -0.1) is 0 Å². The zero-order valence-corrected chi connectivity index (χ0v) is 7.36. The average Bonchev–Trinajstić information content (AvgIpc) is 1.79. The molecule has 3 nitrogen and oxygen atoms in total. The number of rotatable bonds is 2. The van der Waals surface area contributed by atoms with Crippen LogP contribution in [0.15, 0.2) is 11.1 Å².